The smallest absolute Gasteiger partial charge is 0.276 e. The van der Waals surface area contributed by atoms with E-state index in [-0.39, 0.29) is 18.1 Å². The van der Waals surface area contributed by atoms with Gasteiger partial charge in [0.05, 0.1) is 12.7 Å². The molecule has 138 valence electrons. The van der Waals surface area contributed by atoms with Crippen molar-refractivity contribution in [2.45, 2.75) is 19.8 Å². The molecule has 0 atom stereocenters. The molecule has 2 N–H and O–H groups in total. The number of benzene rings is 2. The van der Waals surface area contributed by atoms with Gasteiger partial charge >= 0.3 is 0 Å². The second-order valence-electron chi connectivity index (χ2n) is 5.83. The number of hydrogen-bond donors (Lipinski definition) is 2. The van der Waals surface area contributed by atoms with Crippen LogP contribution in [0.4, 0.5) is 0 Å². The number of rotatable bonds is 6. The van der Waals surface area contributed by atoms with Crippen molar-refractivity contribution in [3.8, 4) is 11.5 Å². The third-order valence-electron chi connectivity index (χ3n) is 3.62. The second kappa shape index (κ2) is 9.10. The van der Waals surface area contributed by atoms with E-state index in [1.165, 1.54) is 13.2 Å². The average molecular weight is 377 g/mol. The van der Waals surface area contributed by atoms with Crippen LogP contribution in [0.15, 0.2) is 42.5 Å². The Labute approximate surface area is 157 Å². The highest BCUT2D eigenvalue weighted by molar-refractivity contribution is 6.31. The van der Waals surface area contributed by atoms with E-state index in [0.717, 1.165) is 5.56 Å². The van der Waals surface area contributed by atoms with Gasteiger partial charge in [0, 0.05) is 5.02 Å². The molecule has 6 nitrogen and oxygen atoms in total. The van der Waals surface area contributed by atoms with Crippen LogP contribution in [0.2, 0.25) is 5.02 Å². The van der Waals surface area contributed by atoms with Gasteiger partial charge in [-0.3, -0.25) is 20.4 Å². The van der Waals surface area contributed by atoms with Crippen LogP contribution >= 0.6 is 11.6 Å². The maximum Gasteiger partial charge on any atom is 0.276 e. The summed E-state index contributed by atoms with van der Waals surface area (Å²) < 4.78 is 10.7. The summed E-state index contributed by atoms with van der Waals surface area (Å²) in [4.78, 5) is 24.1. The minimum Gasteiger partial charge on any atom is -0.496 e. The standard InChI is InChI=1S/C19H21ClN2O4/c1-12(2)14-6-4-5-7-17(14)26-11-18(23)21-22-19(24)15-10-13(20)8-9-16(15)25-3/h4-10,12H,11H2,1-3H3,(H,21,23)(H,22,24). The SMILES string of the molecule is COc1ccc(Cl)cc1C(=O)NNC(=O)COc1ccccc1C(C)C. The summed E-state index contributed by atoms with van der Waals surface area (Å²) in [6, 6.07) is 12.1. The minimum atomic E-state index is -0.541. The first-order chi connectivity index (χ1) is 12.4. The Morgan fingerprint density at radius 3 is 2.50 bits per heavy atom. The normalized spacial score (nSPS) is 10.3. The molecule has 0 aromatic heterocycles. The number of halogens is 1. The van der Waals surface area contributed by atoms with Gasteiger partial charge in [0.15, 0.2) is 6.61 Å². The molecule has 0 unspecified atom stereocenters. The van der Waals surface area contributed by atoms with Crippen LogP contribution in [0.3, 0.4) is 0 Å². The predicted octanol–water partition coefficient (Wildman–Crippen LogP) is 3.31. The number of amides is 2. The molecule has 0 aliphatic rings. The summed E-state index contributed by atoms with van der Waals surface area (Å²) in [6.45, 7) is 3.86. The number of para-hydroxylation sites is 1. The van der Waals surface area contributed by atoms with Crippen molar-refractivity contribution >= 4 is 23.4 Å². The zero-order chi connectivity index (χ0) is 19.1. The maximum atomic E-state index is 12.2. The van der Waals surface area contributed by atoms with Crippen LogP contribution in [0, 0.1) is 0 Å². The van der Waals surface area contributed by atoms with Crippen molar-refractivity contribution in [1.82, 2.24) is 10.9 Å². The van der Waals surface area contributed by atoms with E-state index in [1.807, 2.05) is 32.0 Å². The maximum absolute atomic E-state index is 12.2. The van der Waals surface area contributed by atoms with Crippen molar-refractivity contribution < 1.29 is 19.1 Å². The van der Waals surface area contributed by atoms with Crippen molar-refractivity contribution in [3.63, 3.8) is 0 Å². The third-order valence-corrected chi connectivity index (χ3v) is 3.86. The first kappa shape index (κ1) is 19.6. The largest absolute Gasteiger partial charge is 0.496 e. The molecular weight excluding hydrogens is 356 g/mol. The molecule has 0 spiro atoms. The molecule has 2 amide bonds. The van der Waals surface area contributed by atoms with Crippen LogP contribution in [0.25, 0.3) is 0 Å². The molecular formula is C19H21ClN2O4. The lowest BCUT2D eigenvalue weighted by atomic mass is 10.0. The van der Waals surface area contributed by atoms with Crippen LogP contribution in [0.5, 0.6) is 11.5 Å². The number of hydrazine groups is 1. The van der Waals surface area contributed by atoms with Gasteiger partial charge in [-0.1, -0.05) is 43.6 Å². The molecule has 0 heterocycles. The van der Waals surface area contributed by atoms with Crippen molar-refractivity contribution in [2.24, 2.45) is 0 Å². The van der Waals surface area contributed by atoms with Gasteiger partial charge in [-0.25, -0.2) is 0 Å². The summed E-state index contributed by atoms with van der Waals surface area (Å²) in [5.74, 6) is 0.228. The Morgan fingerprint density at radius 1 is 1.08 bits per heavy atom. The summed E-state index contributed by atoms with van der Waals surface area (Å²) in [6.07, 6.45) is 0. The Balaban J connectivity index is 1.91. The van der Waals surface area contributed by atoms with Gasteiger partial charge in [-0.15, -0.1) is 0 Å². The fourth-order valence-corrected chi connectivity index (χ4v) is 2.49. The number of carbonyl (C=O) groups excluding carboxylic acids is 2. The van der Waals surface area contributed by atoms with Crippen LogP contribution < -0.4 is 20.3 Å². The molecule has 0 saturated heterocycles. The minimum absolute atomic E-state index is 0.214. The Hall–Kier alpha value is -2.73. The lowest BCUT2D eigenvalue weighted by Crippen LogP contribution is -2.44. The number of ether oxygens (including phenoxy) is 2. The lowest BCUT2D eigenvalue weighted by molar-refractivity contribution is -0.123. The zero-order valence-electron chi connectivity index (χ0n) is 14.8. The fraction of sp³-hybridized carbons (Fsp3) is 0.263. The van der Waals surface area contributed by atoms with Gasteiger partial charge in [-0.05, 0) is 35.7 Å². The highest BCUT2D eigenvalue weighted by atomic mass is 35.5. The highest BCUT2D eigenvalue weighted by Crippen LogP contribution is 2.25. The quantitative estimate of drug-likeness (QED) is 0.758. The van der Waals surface area contributed by atoms with E-state index >= 15 is 0 Å². The van der Waals surface area contributed by atoms with Crippen molar-refractivity contribution in [3.05, 3.63) is 58.6 Å². The molecule has 0 radical (unpaired) electrons. The van der Waals surface area contributed by atoms with Crippen molar-refractivity contribution in [1.29, 1.82) is 0 Å². The van der Waals surface area contributed by atoms with E-state index in [9.17, 15) is 9.59 Å². The average Bonchev–Trinajstić information content (AvgIpc) is 2.64. The summed E-state index contributed by atoms with van der Waals surface area (Å²) in [5, 5.41) is 0.385. The van der Waals surface area contributed by atoms with Gasteiger partial charge in [0.1, 0.15) is 11.5 Å². The van der Waals surface area contributed by atoms with Gasteiger partial charge < -0.3 is 9.47 Å². The molecule has 26 heavy (non-hydrogen) atoms. The Kier molecular flexibility index (Phi) is 6.86. The number of hydrogen-bond acceptors (Lipinski definition) is 4. The Morgan fingerprint density at radius 2 is 1.81 bits per heavy atom. The zero-order valence-corrected chi connectivity index (χ0v) is 15.6. The van der Waals surface area contributed by atoms with Gasteiger partial charge in [0.2, 0.25) is 0 Å². The van der Waals surface area contributed by atoms with Gasteiger partial charge in [-0.2, -0.15) is 0 Å². The second-order valence-corrected chi connectivity index (χ2v) is 6.26. The van der Waals surface area contributed by atoms with E-state index in [0.29, 0.717) is 16.5 Å². The topological polar surface area (TPSA) is 76.7 Å². The summed E-state index contributed by atoms with van der Waals surface area (Å²) in [5.41, 5.74) is 5.85. The van der Waals surface area contributed by atoms with E-state index in [4.69, 9.17) is 21.1 Å². The lowest BCUT2D eigenvalue weighted by Gasteiger charge is -2.14. The first-order valence-electron chi connectivity index (χ1n) is 8.06. The van der Waals surface area contributed by atoms with Crippen LogP contribution in [-0.2, 0) is 4.79 Å². The van der Waals surface area contributed by atoms with E-state index < -0.39 is 11.8 Å². The summed E-state index contributed by atoms with van der Waals surface area (Å²) >= 11 is 5.90. The number of methoxy groups -OCH3 is 1. The predicted molar refractivity (Wildman–Crippen MR) is 99.6 cm³/mol. The molecule has 2 aromatic rings. The van der Waals surface area contributed by atoms with E-state index in [2.05, 4.69) is 10.9 Å². The molecule has 7 heteroatoms. The van der Waals surface area contributed by atoms with Crippen LogP contribution in [0.1, 0.15) is 35.7 Å². The number of carbonyl (C=O) groups is 2. The molecule has 2 aromatic carbocycles. The molecule has 0 fully saturated rings. The third kappa shape index (κ3) is 5.13. The molecule has 0 aliphatic carbocycles. The fourth-order valence-electron chi connectivity index (χ4n) is 2.32. The Bertz CT molecular complexity index is 793. The van der Waals surface area contributed by atoms with Crippen LogP contribution in [-0.4, -0.2) is 25.5 Å². The van der Waals surface area contributed by atoms with Gasteiger partial charge in [0.25, 0.3) is 11.8 Å². The van der Waals surface area contributed by atoms with E-state index in [1.54, 1.807) is 18.2 Å². The molecule has 2 rings (SSSR count). The molecule has 0 aliphatic heterocycles. The first-order valence-corrected chi connectivity index (χ1v) is 8.44. The molecule has 0 saturated carbocycles. The van der Waals surface area contributed by atoms with Crippen molar-refractivity contribution in [2.75, 3.05) is 13.7 Å². The highest BCUT2D eigenvalue weighted by Gasteiger charge is 2.14. The monoisotopic (exact) mass is 376 g/mol. The molecule has 0 bridgehead atoms. The summed E-state index contributed by atoms with van der Waals surface area (Å²) in [7, 11) is 1.44. The number of nitrogens with one attached hydrogen (secondary N) is 2.